The Morgan fingerprint density at radius 3 is 2.43 bits per heavy atom. The van der Waals surface area contributed by atoms with Crippen molar-refractivity contribution in [3.8, 4) is 0 Å². The molecule has 0 heterocycles. The predicted octanol–water partition coefficient (Wildman–Crippen LogP) is 3.16. The van der Waals surface area contributed by atoms with Gasteiger partial charge in [0.2, 0.25) is 5.91 Å². The summed E-state index contributed by atoms with van der Waals surface area (Å²) in [6.45, 7) is 8.04. The quantitative estimate of drug-likeness (QED) is 0.709. The third kappa shape index (κ3) is 5.88. The summed E-state index contributed by atoms with van der Waals surface area (Å²) in [6, 6.07) is 8.95. The first-order valence-corrected chi connectivity index (χ1v) is 8.11. The monoisotopic (exact) mass is 290 g/mol. The number of aryl methyl sites for hydroxylation is 1. The van der Waals surface area contributed by atoms with Crippen LogP contribution < -0.4 is 5.32 Å². The van der Waals surface area contributed by atoms with Crippen LogP contribution in [0.5, 0.6) is 0 Å². The van der Waals surface area contributed by atoms with Gasteiger partial charge >= 0.3 is 0 Å². The van der Waals surface area contributed by atoms with Crippen molar-refractivity contribution < 1.29 is 4.79 Å². The Morgan fingerprint density at radius 2 is 1.90 bits per heavy atom. The number of rotatable bonds is 9. The number of hydrogen-bond acceptors (Lipinski definition) is 2. The molecule has 0 fully saturated rings. The van der Waals surface area contributed by atoms with Crippen molar-refractivity contribution in [3.63, 3.8) is 0 Å². The summed E-state index contributed by atoms with van der Waals surface area (Å²) in [5.74, 6) is 0.284. The van der Waals surface area contributed by atoms with Gasteiger partial charge in [0.1, 0.15) is 0 Å². The Bertz CT molecular complexity index is 414. The molecule has 1 atom stereocenters. The Kier molecular flexibility index (Phi) is 8.06. The van der Waals surface area contributed by atoms with Crippen LogP contribution in [0.2, 0.25) is 0 Å². The molecule has 1 rings (SSSR count). The van der Waals surface area contributed by atoms with Crippen LogP contribution in [0, 0.1) is 6.92 Å². The fourth-order valence-corrected chi connectivity index (χ4v) is 2.67. The Hall–Kier alpha value is -1.35. The molecule has 0 aromatic heterocycles. The molecule has 1 N–H and O–H groups in total. The lowest BCUT2D eigenvalue weighted by Gasteiger charge is -2.30. The molecular weight excluding hydrogens is 260 g/mol. The Labute approximate surface area is 129 Å². The minimum atomic E-state index is 0.284. The van der Waals surface area contributed by atoms with E-state index in [9.17, 15) is 4.79 Å². The molecule has 1 unspecified atom stereocenters. The molecule has 1 aromatic carbocycles. The smallest absolute Gasteiger partial charge is 0.222 e. The number of likely N-dealkylation sites (N-methyl/N-ethyl adjacent to an activating group) is 1. The van der Waals surface area contributed by atoms with Gasteiger partial charge in [0.05, 0.1) is 0 Å². The molecular formula is C18H30N2O. The molecule has 0 spiro atoms. The minimum absolute atomic E-state index is 0.284. The number of carbonyl (C=O) groups is 1. The second-order valence-electron chi connectivity index (χ2n) is 5.64. The normalized spacial score (nSPS) is 12.2. The number of carbonyl (C=O) groups excluding carboxylic acids is 1. The maximum absolute atomic E-state index is 12.4. The molecule has 0 aliphatic rings. The van der Waals surface area contributed by atoms with E-state index >= 15 is 0 Å². The number of hydrogen-bond donors (Lipinski definition) is 1. The molecule has 0 saturated heterocycles. The zero-order chi connectivity index (χ0) is 15.7. The molecule has 118 valence electrons. The average Bonchev–Trinajstić information content (AvgIpc) is 2.49. The van der Waals surface area contributed by atoms with Crippen LogP contribution in [0.25, 0.3) is 0 Å². The maximum Gasteiger partial charge on any atom is 0.222 e. The minimum Gasteiger partial charge on any atom is -0.340 e. The first kappa shape index (κ1) is 17.7. The number of nitrogens with one attached hydrogen (secondary N) is 1. The summed E-state index contributed by atoms with van der Waals surface area (Å²) in [7, 11) is 1.92. The van der Waals surface area contributed by atoms with E-state index in [1.807, 2.05) is 7.05 Å². The van der Waals surface area contributed by atoms with Crippen LogP contribution in [0.15, 0.2) is 24.3 Å². The van der Waals surface area contributed by atoms with Crippen LogP contribution in [0.4, 0.5) is 0 Å². The fraction of sp³-hybridized carbons (Fsp3) is 0.611. The molecule has 0 radical (unpaired) electrons. The van der Waals surface area contributed by atoms with Crippen molar-refractivity contribution in [2.45, 2.75) is 52.5 Å². The highest BCUT2D eigenvalue weighted by molar-refractivity contribution is 5.76. The van der Waals surface area contributed by atoms with Gasteiger partial charge in [0.25, 0.3) is 0 Å². The lowest BCUT2D eigenvalue weighted by atomic mass is 10.0. The highest BCUT2D eigenvalue weighted by Gasteiger charge is 2.20. The van der Waals surface area contributed by atoms with Crippen LogP contribution in [-0.4, -0.2) is 37.0 Å². The average molecular weight is 290 g/mol. The van der Waals surface area contributed by atoms with Crippen molar-refractivity contribution in [1.29, 1.82) is 0 Å². The lowest BCUT2D eigenvalue weighted by Crippen LogP contribution is -2.41. The number of benzene rings is 1. The van der Waals surface area contributed by atoms with Crippen molar-refractivity contribution in [3.05, 3.63) is 35.4 Å². The van der Waals surface area contributed by atoms with Gasteiger partial charge in [-0.05, 0) is 52.3 Å². The van der Waals surface area contributed by atoms with E-state index in [4.69, 9.17) is 0 Å². The topological polar surface area (TPSA) is 32.3 Å². The van der Waals surface area contributed by atoms with Crippen LogP contribution in [-0.2, 0) is 11.2 Å². The van der Waals surface area contributed by atoms with Gasteiger partial charge in [0.15, 0.2) is 0 Å². The molecule has 21 heavy (non-hydrogen) atoms. The molecule has 1 aromatic rings. The van der Waals surface area contributed by atoms with E-state index in [2.05, 4.69) is 55.3 Å². The summed E-state index contributed by atoms with van der Waals surface area (Å²) in [4.78, 5) is 14.4. The molecule has 0 saturated carbocycles. The third-order valence-corrected chi connectivity index (χ3v) is 3.98. The van der Waals surface area contributed by atoms with Crippen molar-refractivity contribution in [1.82, 2.24) is 10.2 Å². The molecule has 1 amide bonds. The number of amides is 1. The Morgan fingerprint density at radius 1 is 1.24 bits per heavy atom. The molecule has 0 aliphatic heterocycles. The van der Waals surface area contributed by atoms with Gasteiger partial charge in [0, 0.05) is 19.0 Å². The zero-order valence-electron chi connectivity index (χ0n) is 14.0. The second-order valence-corrected chi connectivity index (χ2v) is 5.64. The highest BCUT2D eigenvalue weighted by atomic mass is 16.2. The van der Waals surface area contributed by atoms with Crippen LogP contribution in [0.3, 0.4) is 0 Å². The van der Waals surface area contributed by atoms with E-state index in [0.717, 1.165) is 32.4 Å². The van der Waals surface area contributed by atoms with Gasteiger partial charge < -0.3 is 10.2 Å². The Balaban J connectivity index is 2.65. The largest absolute Gasteiger partial charge is 0.340 e. The first-order chi connectivity index (χ1) is 10.1. The predicted molar refractivity (Wildman–Crippen MR) is 89.5 cm³/mol. The van der Waals surface area contributed by atoms with Crippen molar-refractivity contribution in [2.75, 3.05) is 20.1 Å². The summed E-state index contributed by atoms with van der Waals surface area (Å²) in [5.41, 5.74) is 2.59. The van der Waals surface area contributed by atoms with Crippen LogP contribution >= 0.6 is 0 Å². The van der Waals surface area contributed by atoms with Gasteiger partial charge in [-0.3, -0.25) is 4.79 Å². The molecule has 3 heteroatoms. The van der Waals surface area contributed by atoms with E-state index in [1.54, 1.807) is 0 Å². The summed E-state index contributed by atoms with van der Waals surface area (Å²) in [6.07, 6.45) is 3.49. The maximum atomic E-state index is 12.4. The summed E-state index contributed by atoms with van der Waals surface area (Å²) >= 11 is 0. The van der Waals surface area contributed by atoms with Crippen LogP contribution in [0.1, 0.15) is 44.2 Å². The van der Waals surface area contributed by atoms with E-state index in [-0.39, 0.29) is 5.91 Å². The van der Waals surface area contributed by atoms with Crippen molar-refractivity contribution in [2.24, 2.45) is 0 Å². The fourth-order valence-electron chi connectivity index (χ4n) is 2.67. The lowest BCUT2D eigenvalue weighted by molar-refractivity contribution is -0.133. The van der Waals surface area contributed by atoms with Gasteiger partial charge in [-0.25, -0.2) is 0 Å². The number of nitrogens with zero attached hydrogens (tertiary/aromatic N) is 1. The third-order valence-electron chi connectivity index (χ3n) is 3.98. The van der Waals surface area contributed by atoms with Gasteiger partial charge in [-0.1, -0.05) is 36.8 Å². The first-order valence-electron chi connectivity index (χ1n) is 8.11. The molecule has 3 nitrogen and oxygen atoms in total. The molecule has 0 aliphatic carbocycles. The van der Waals surface area contributed by atoms with E-state index in [1.165, 1.54) is 11.1 Å². The highest BCUT2D eigenvalue weighted by Crippen LogP contribution is 2.14. The van der Waals surface area contributed by atoms with E-state index < -0.39 is 0 Å². The SMILES string of the molecule is CCC(Cc1ccc(C)cc1)N(CC)C(=O)CCCNC. The second kappa shape index (κ2) is 9.56. The molecule has 0 bridgehead atoms. The summed E-state index contributed by atoms with van der Waals surface area (Å²) < 4.78 is 0. The summed E-state index contributed by atoms with van der Waals surface area (Å²) in [5, 5.41) is 3.10. The standard InChI is InChI=1S/C18H30N2O/c1-5-17(14-16-11-9-15(3)10-12-16)20(6-2)18(21)8-7-13-19-4/h9-12,17,19H,5-8,13-14H2,1-4H3. The van der Waals surface area contributed by atoms with E-state index in [0.29, 0.717) is 12.5 Å². The zero-order valence-corrected chi connectivity index (χ0v) is 14.0. The van der Waals surface area contributed by atoms with Gasteiger partial charge in [-0.15, -0.1) is 0 Å². The van der Waals surface area contributed by atoms with Gasteiger partial charge in [-0.2, -0.15) is 0 Å². The van der Waals surface area contributed by atoms with Crippen molar-refractivity contribution >= 4 is 5.91 Å².